The van der Waals surface area contributed by atoms with Crippen molar-refractivity contribution in [2.45, 2.75) is 32.0 Å². The summed E-state index contributed by atoms with van der Waals surface area (Å²) in [5, 5.41) is 13.0. The van der Waals surface area contributed by atoms with Gasteiger partial charge < -0.3 is 24.6 Å². The fraction of sp³-hybridized carbons (Fsp3) is 0.667. The Labute approximate surface area is 125 Å². The SMILES string of the molecule is CCOc1ccc(NCC(O)COCC2CCCO2)cn1. The van der Waals surface area contributed by atoms with Crippen LogP contribution in [0.1, 0.15) is 19.8 Å². The van der Waals surface area contributed by atoms with E-state index in [-0.39, 0.29) is 6.10 Å². The maximum Gasteiger partial charge on any atom is 0.213 e. The molecule has 6 nitrogen and oxygen atoms in total. The highest BCUT2D eigenvalue weighted by Crippen LogP contribution is 2.13. The van der Waals surface area contributed by atoms with Crippen LogP contribution in [0.2, 0.25) is 0 Å². The van der Waals surface area contributed by atoms with Crippen molar-refractivity contribution in [3.05, 3.63) is 18.3 Å². The van der Waals surface area contributed by atoms with E-state index in [2.05, 4.69) is 10.3 Å². The van der Waals surface area contributed by atoms with Crippen molar-refractivity contribution in [1.29, 1.82) is 0 Å². The summed E-state index contributed by atoms with van der Waals surface area (Å²) in [6, 6.07) is 3.67. The lowest BCUT2D eigenvalue weighted by Crippen LogP contribution is -2.27. The van der Waals surface area contributed by atoms with Crippen molar-refractivity contribution in [3.8, 4) is 5.88 Å². The second kappa shape index (κ2) is 8.81. The topological polar surface area (TPSA) is 72.8 Å². The normalized spacial score (nSPS) is 19.4. The highest BCUT2D eigenvalue weighted by molar-refractivity contribution is 5.42. The molecule has 1 aliphatic rings. The smallest absolute Gasteiger partial charge is 0.213 e. The quantitative estimate of drug-likeness (QED) is 0.718. The molecule has 0 spiro atoms. The minimum atomic E-state index is -0.557. The van der Waals surface area contributed by atoms with Gasteiger partial charge in [0.2, 0.25) is 5.88 Å². The largest absolute Gasteiger partial charge is 0.478 e. The van der Waals surface area contributed by atoms with Gasteiger partial charge in [0.15, 0.2) is 0 Å². The van der Waals surface area contributed by atoms with Crippen LogP contribution in [0, 0.1) is 0 Å². The summed E-state index contributed by atoms with van der Waals surface area (Å²) in [5.74, 6) is 0.600. The molecule has 0 aliphatic carbocycles. The maximum absolute atomic E-state index is 9.85. The van der Waals surface area contributed by atoms with E-state index < -0.39 is 6.10 Å². The summed E-state index contributed by atoms with van der Waals surface area (Å²) >= 11 is 0. The van der Waals surface area contributed by atoms with E-state index in [1.807, 2.05) is 13.0 Å². The number of ether oxygens (including phenoxy) is 3. The highest BCUT2D eigenvalue weighted by atomic mass is 16.5. The molecule has 1 aliphatic heterocycles. The van der Waals surface area contributed by atoms with E-state index in [4.69, 9.17) is 14.2 Å². The van der Waals surface area contributed by atoms with Gasteiger partial charge in [-0.15, -0.1) is 0 Å². The Morgan fingerprint density at radius 3 is 3.10 bits per heavy atom. The van der Waals surface area contributed by atoms with E-state index in [0.29, 0.717) is 32.2 Å². The Morgan fingerprint density at radius 2 is 2.43 bits per heavy atom. The van der Waals surface area contributed by atoms with Gasteiger partial charge in [0.1, 0.15) is 0 Å². The van der Waals surface area contributed by atoms with E-state index in [0.717, 1.165) is 25.1 Å². The molecule has 0 saturated carbocycles. The molecule has 1 aromatic rings. The van der Waals surface area contributed by atoms with E-state index in [1.54, 1.807) is 12.3 Å². The summed E-state index contributed by atoms with van der Waals surface area (Å²) in [5.41, 5.74) is 0.844. The Kier molecular flexibility index (Phi) is 6.72. The van der Waals surface area contributed by atoms with Gasteiger partial charge in [-0.25, -0.2) is 4.98 Å². The second-order valence-electron chi connectivity index (χ2n) is 5.03. The zero-order valence-corrected chi connectivity index (χ0v) is 12.5. The van der Waals surface area contributed by atoms with Crippen LogP contribution in [-0.2, 0) is 9.47 Å². The number of pyridine rings is 1. The van der Waals surface area contributed by atoms with Crippen LogP contribution in [0.4, 0.5) is 5.69 Å². The van der Waals surface area contributed by atoms with Gasteiger partial charge in [0.25, 0.3) is 0 Å². The molecule has 118 valence electrons. The molecule has 1 fully saturated rings. The predicted molar refractivity (Wildman–Crippen MR) is 79.7 cm³/mol. The van der Waals surface area contributed by atoms with Crippen LogP contribution >= 0.6 is 0 Å². The lowest BCUT2D eigenvalue weighted by molar-refractivity contribution is -0.0137. The fourth-order valence-electron chi connectivity index (χ4n) is 2.12. The molecule has 21 heavy (non-hydrogen) atoms. The number of nitrogens with one attached hydrogen (secondary N) is 1. The number of aliphatic hydroxyl groups is 1. The Hall–Kier alpha value is -1.37. The lowest BCUT2D eigenvalue weighted by Gasteiger charge is -2.15. The highest BCUT2D eigenvalue weighted by Gasteiger charge is 2.16. The Balaban J connectivity index is 1.60. The molecule has 2 unspecified atom stereocenters. The molecule has 0 aromatic carbocycles. The fourth-order valence-corrected chi connectivity index (χ4v) is 2.12. The van der Waals surface area contributed by atoms with Crippen molar-refractivity contribution < 1.29 is 19.3 Å². The van der Waals surface area contributed by atoms with Gasteiger partial charge in [0, 0.05) is 19.2 Å². The monoisotopic (exact) mass is 296 g/mol. The van der Waals surface area contributed by atoms with Gasteiger partial charge in [-0.1, -0.05) is 0 Å². The minimum Gasteiger partial charge on any atom is -0.478 e. The van der Waals surface area contributed by atoms with E-state index >= 15 is 0 Å². The summed E-state index contributed by atoms with van der Waals surface area (Å²) in [6.45, 7) is 4.62. The number of aliphatic hydroxyl groups excluding tert-OH is 1. The summed E-state index contributed by atoms with van der Waals surface area (Å²) in [6.07, 6.45) is 3.47. The van der Waals surface area contributed by atoms with Gasteiger partial charge in [0.05, 0.1) is 43.9 Å². The van der Waals surface area contributed by atoms with Crippen molar-refractivity contribution in [2.24, 2.45) is 0 Å². The number of hydrogen-bond acceptors (Lipinski definition) is 6. The van der Waals surface area contributed by atoms with Crippen LogP contribution in [0.25, 0.3) is 0 Å². The van der Waals surface area contributed by atoms with Gasteiger partial charge in [-0.05, 0) is 25.8 Å². The second-order valence-corrected chi connectivity index (χ2v) is 5.03. The Morgan fingerprint density at radius 1 is 1.52 bits per heavy atom. The van der Waals surface area contributed by atoms with Gasteiger partial charge >= 0.3 is 0 Å². The molecule has 2 atom stereocenters. The molecular weight excluding hydrogens is 272 g/mol. The van der Waals surface area contributed by atoms with Gasteiger partial charge in [-0.3, -0.25) is 0 Å². The Bertz CT molecular complexity index is 393. The first-order valence-electron chi connectivity index (χ1n) is 7.48. The summed E-state index contributed by atoms with van der Waals surface area (Å²) in [4.78, 5) is 4.15. The number of rotatable bonds is 9. The first-order chi connectivity index (χ1) is 10.3. The average molecular weight is 296 g/mol. The van der Waals surface area contributed by atoms with Crippen LogP contribution in [0.5, 0.6) is 5.88 Å². The van der Waals surface area contributed by atoms with Crippen LogP contribution in [0.15, 0.2) is 18.3 Å². The first kappa shape index (κ1) is 16.0. The summed E-state index contributed by atoms with van der Waals surface area (Å²) < 4.78 is 16.2. The molecule has 1 saturated heterocycles. The van der Waals surface area contributed by atoms with Crippen LogP contribution in [-0.4, -0.2) is 55.3 Å². The third-order valence-electron chi connectivity index (χ3n) is 3.21. The molecule has 2 heterocycles. The number of hydrogen-bond donors (Lipinski definition) is 2. The molecule has 0 bridgehead atoms. The van der Waals surface area contributed by atoms with Crippen LogP contribution in [0.3, 0.4) is 0 Å². The molecule has 2 rings (SSSR count). The van der Waals surface area contributed by atoms with Gasteiger partial charge in [-0.2, -0.15) is 0 Å². The lowest BCUT2D eigenvalue weighted by atomic mass is 10.2. The average Bonchev–Trinajstić information content (AvgIpc) is 3.00. The molecular formula is C15H24N2O4. The summed E-state index contributed by atoms with van der Waals surface area (Å²) in [7, 11) is 0. The van der Waals surface area contributed by atoms with E-state index in [9.17, 15) is 5.11 Å². The van der Waals surface area contributed by atoms with Crippen molar-refractivity contribution in [2.75, 3.05) is 38.3 Å². The molecule has 1 aromatic heterocycles. The number of anilines is 1. The zero-order valence-electron chi connectivity index (χ0n) is 12.5. The third kappa shape index (κ3) is 5.87. The predicted octanol–water partition coefficient (Wildman–Crippen LogP) is 1.45. The standard InChI is InChI=1S/C15H24N2O4/c1-2-20-15-6-5-12(8-17-15)16-9-13(18)10-19-11-14-4-3-7-21-14/h5-6,8,13-14,16,18H,2-4,7,9-11H2,1H3. The van der Waals surface area contributed by atoms with Crippen molar-refractivity contribution >= 4 is 5.69 Å². The van der Waals surface area contributed by atoms with Crippen LogP contribution < -0.4 is 10.1 Å². The van der Waals surface area contributed by atoms with E-state index in [1.165, 1.54) is 0 Å². The number of nitrogens with zero attached hydrogens (tertiary/aromatic N) is 1. The maximum atomic E-state index is 9.85. The minimum absolute atomic E-state index is 0.195. The molecule has 6 heteroatoms. The zero-order chi connectivity index (χ0) is 14.9. The molecule has 0 radical (unpaired) electrons. The molecule has 0 amide bonds. The van der Waals surface area contributed by atoms with Crippen molar-refractivity contribution in [3.63, 3.8) is 0 Å². The van der Waals surface area contributed by atoms with Crippen molar-refractivity contribution in [1.82, 2.24) is 4.98 Å². The number of aromatic nitrogens is 1. The first-order valence-corrected chi connectivity index (χ1v) is 7.48. The third-order valence-corrected chi connectivity index (χ3v) is 3.21. The molecule has 2 N–H and O–H groups in total.